The van der Waals surface area contributed by atoms with E-state index in [1.54, 1.807) is 16.2 Å². The lowest BCUT2D eigenvalue weighted by Gasteiger charge is -2.46. The summed E-state index contributed by atoms with van der Waals surface area (Å²) < 4.78 is 0. The van der Waals surface area contributed by atoms with Crippen LogP contribution in [-0.2, 0) is 9.59 Å². The van der Waals surface area contributed by atoms with Gasteiger partial charge in [0.15, 0.2) is 0 Å². The fourth-order valence-corrected chi connectivity index (χ4v) is 3.75. The minimum atomic E-state index is -0.323. The molecule has 3 heterocycles. The van der Waals surface area contributed by atoms with Crippen LogP contribution in [0.5, 0.6) is 0 Å². The van der Waals surface area contributed by atoms with Crippen LogP contribution in [-0.4, -0.2) is 35.3 Å². The van der Waals surface area contributed by atoms with Gasteiger partial charge in [0.05, 0.1) is 5.69 Å². The van der Waals surface area contributed by atoms with Crippen molar-refractivity contribution in [1.29, 1.82) is 0 Å². The third kappa shape index (κ3) is 1.96. The van der Waals surface area contributed by atoms with E-state index in [4.69, 9.17) is 0 Å². The Bertz CT molecular complexity index is 486. The van der Waals surface area contributed by atoms with Crippen LogP contribution in [0.4, 0.5) is 5.69 Å². The van der Waals surface area contributed by atoms with E-state index in [1.165, 1.54) is 0 Å². The van der Waals surface area contributed by atoms with E-state index < -0.39 is 0 Å². The van der Waals surface area contributed by atoms with E-state index in [-0.39, 0.29) is 23.9 Å². The van der Waals surface area contributed by atoms with Crippen molar-refractivity contribution in [2.75, 3.05) is 11.4 Å². The van der Waals surface area contributed by atoms with E-state index in [2.05, 4.69) is 0 Å². The summed E-state index contributed by atoms with van der Waals surface area (Å²) in [6.45, 7) is 2.71. The van der Waals surface area contributed by atoms with Crippen LogP contribution in [0.1, 0.15) is 32.6 Å². The van der Waals surface area contributed by atoms with Crippen LogP contribution in [0.15, 0.2) is 16.8 Å². The topological polar surface area (TPSA) is 40.6 Å². The predicted molar refractivity (Wildman–Crippen MR) is 75.2 cm³/mol. The van der Waals surface area contributed by atoms with Crippen molar-refractivity contribution >= 4 is 28.8 Å². The molecule has 0 saturated carbocycles. The largest absolute Gasteiger partial charge is 0.329 e. The Morgan fingerprint density at radius 3 is 2.84 bits per heavy atom. The van der Waals surface area contributed by atoms with E-state index in [0.717, 1.165) is 31.5 Å². The lowest BCUT2D eigenvalue weighted by atomic mass is 9.94. The van der Waals surface area contributed by atoms with Gasteiger partial charge in [0, 0.05) is 11.9 Å². The number of nitrogens with zero attached hydrogens (tertiary/aromatic N) is 2. The van der Waals surface area contributed by atoms with Crippen LogP contribution < -0.4 is 4.90 Å². The molecule has 102 valence electrons. The normalized spacial score (nSPS) is 27.6. The van der Waals surface area contributed by atoms with Gasteiger partial charge in [-0.2, -0.15) is 11.3 Å². The van der Waals surface area contributed by atoms with E-state index >= 15 is 0 Å². The van der Waals surface area contributed by atoms with Gasteiger partial charge in [0.2, 0.25) is 5.91 Å². The zero-order valence-corrected chi connectivity index (χ0v) is 11.9. The van der Waals surface area contributed by atoms with E-state index in [9.17, 15) is 9.59 Å². The number of thiophene rings is 1. The second-order valence-corrected chi connectivity index (χ2v) is 5.94. The number of rotatable bonds is 2. The average molecular weight is 278 g/mol. The number of anilines is 1. The summed E-state index contributed by atoms with van der Waals surface area (Å²) in [5.41, 5.74) is 0.875. The second kappa shape index (κ2) is 4.96. The maximum Gasteiger partial charge on any atom is 0.250 e. The molecule has 0 N–H and O–H groups in total. The lowest BCUT2D eigenvalue weighted by molar-refractivity contribution is -0.148. The zero-order valence-electron chi connectivity index (χ0n) is 11.0. The standard InChI is InChI=1S/C14H18N2O2S/c1-2-11-13(17)15-7-4-3-5-12(15)14(18)16(11)10-6-8-19-9-10/h6,8-9,11-12H,2-5,7H2,1H3. The van der Waals surface area contributed by atoms with Gasteiger partial charge < -0.3 is 4.90 Å². The second-order valence-electron chi connectivity index (χ2n) is 5.16. The highest BCUT2D eigenvalue weighted by Gasteiger charge is 2.46. The van der Waals surface area contributed by atoms with Crippen LogP contribution in [0, 0.1) is 0 Å². The van der Waals surface area contributed by atoms with Crippen molar-refractivity contribution in [3.8, 4) is 0 Å². The highest BCUT2D eigenvalue weighted by atomic mass is 32.1. The SMILES string of the molecule is CCC1C(=O)N2CCCCC2C(=O)N1c1ccsc1. The molecule has 2 saturated heterocycles. The van der Waals surface area contributed by atoms with Gasteiger partial charge in [-0.1, -0.05) is 6.92 Å². The maximum atomic E-state index is 12.7. The number of hydrogen-bond acceptors (Lipinski definition) is 3. The van der Waals surface area contributed by atoms with Gasteiger partial charge in [0.1, 0.15) is 12.1 Å². The fourth-order valence-electron chi connectivity index (χ4n) is 3.13. The maximum absolute atomic E-state index is 12.7. The highest BCUT2D eigenvalue weighted by Crippen LogP contribution is 2.32. The number of piperidine rings is 1. The van der Waals surface area contributed by atoms with Crippen molar-refractivity contribution in [1.82, 2.24) is 4.90 Å². The van der Waals surface area contributed by atoms with Crippen molar-refractivity contribution in [3.63, 3.8) is 0 Å². The first-order chi connectivity index (χ1) is 9.24. The number of fused-ring (bicyclic) bond motifs is 1. The van der Waals surface area contributed by atoms with Gasteiger partial charge >= 0.3 is 0 Å². The number of hydrogen-bond donors (Lipinski definition) is 0. The van der Waals surface area contributed by atoms with Crippen LogP contribution >= 0.6 is 11.3 Å². The van der Waals surface area contributed by atoms with E-state index in [1.807, 2.05) is 28.7 Å². The number of carbonyl (C=O) groups excluding carboxylic acids is 2. The number of piperazine rings is 1. The predicted octanol–water partition coefficient (Wildman–Crippen LogP) is 2.25. The summed E-state index contributed by atoms with van der Waals surface area (Å²) in [5, 5.41) is 3.90. The molecule has 0 aliphatic carbocycles. The smallest absolute Gasteiger partial charge is 0.250 e. The monoisotopic (exact) mass is 278 g/mol. The van der Waals surface area contributed by atoms with Crippen LogP contribution in [0.25, 0.3) is 0 Å². The van der Waals surface area contributed by atoms with Crippen molar-refractivity contribution in [2.24, 2.45) is 0 Å². The van der Waals surface area contributed by atoms with Gasteiger partial charge in [-0.15, -0.1) is 0 Å². The minimum absolute atomic E-state index is 0.101. The molecule has 0 spiro atoms. The molecule has 3 rings (SSSR count). The molecule has 2 aliphatic heterocycles. The molecule has 2 fully saturated rings. The molecule has 1 aromatic heterocycles. The molecule has 0 radical (unpaired) electrons. The summed E-state index contributed by atoms with van der Waals surface area (Å²) in [7, 11) is 0. The molecule has 0 aromatic carbocycles. The Balaban J connectivity index is 1.98. The first-order valence-electron chi connectivity index (χ1n) is 6.89. The first-order valence-corrected chi connectivity index (χ1v) is 7.84. The summed E-state index contributed by atoms with van der Waals surface area (Å²) in [6, 6.07) is 1.37. The molecule has 4 nitrogen and oxygen atoms in total. The third-order valence-electron chi connectivity index (χ3n) is 4.08. The molecule has 2 atom stereocenters. The number of carbonyl (C=O) groups is 2. The molecule has 2 amide bonds. The average Bonchev–Trinajstić information content (AvgIpc) is 2.96. The quantitative estimate of drug-likeness (QED) is 0.832. The molecule has 1 aromatic rings. The Morgan fingerprint density at radius 2 is 2.16 bits per heavy atom. The molecule has 19 heavy (non-hydrogen) atoms. The van der Waals surface area contributed by atoms with Crippen LogP contribution in [0.3, 0.4) is 0 Å². The van der Waals surface area contributed by atoms with Crippen LogP contribution in [0.2, 0.25) is 0 Å². The van der Waals surface area contributed by atoms with E-state index in [0.29, 0.717) is 6.42 Å². The fraction of sp³-hybridized carbons (Fsp3) is 0.571. The van der Waals surface area contributed by atoms with Gasteiger partial charge in [-0.05, 0) is 37.1 Å². The summed E-state index contributed by atoms with van der Waals surface area (Å²) in [4.78, 5) is 28.8. The molecular formula is C14H18N2O2S. The minimum Gasteiger partial charge on any atom is -0.329 e. The Kier molecular flexibility index (Phi) is 3.31. The van der Waals surface area contributed by atoms with Gasteiger partial charge in [0.25, 0.3) is 5.91 Å². The third-order valence-corrected chi connectivity index (χ3v) is 4.75. The molecule has 2 aliphatic rings. The summed E-state index contributed by atoms with van der Waals surface area (Å²) in [5.74, 6) is 0.225. The Labute approximate surface area is 117 Å². The first kappa shape index (κ1) is 12.7. The lowest BCUT2D eigenvalue weighted by Crippen LogP contribution is -2.65. The van der Waals surface area contributed by atoms with Gasteiger partial charge in [-0.25, -0.2) is 0 Å². The molecule has 2 unspecified atom stereocenters. The number of amides is 2. The Morgan fingerprint density at radius 1 is 1.32 bits per heavy atom. The molecular weight excluding hydrogens is 260 g/mol. The van der Waals surface area contributed by atoms with Crippen molar-refractivity contribution < 1.29 is 9.59 Å². The molecule has 0 bridgehead atoms. The highest BCUT2D eigenvalue weighted by molar-refractivity contribution is 7.08. The van der Waals surface area contributed by atoms with Gasteiger partial charge in [-0.3, -0.25) is 14.5 Å². The van der Waals surface area contributed by atoms with Crippen molar-refractivity contribution in [2.45, 2.75) is 44.7 Å². The summed E-state index contributed by atoms with van der Waals surface area (Å²) >= 11 is 1.56. The zero-order chi connectivity index (χ0) is 13.4. The summed E-state index contributed by atoms with van der Waals surface area (Å²) in [6.07, 6.45) is 3.53. The Hall–Kier alpha value is -1.36. The molecule has 5 heteroatoms. The van der Waals surface area contributed by atoms with Crippen molar-refractivity contribution in [3.05, 3.63) is 16.8 Å².